The average Bonchev–Trinajstić information content (AvgIpc) is 3.15. The van der Waals surface area contributed by atoms with Gasteiger partial charge in [0.15, 0.2) is 0 Å². The molecule has 1 saturated carbocycles. The number of ether oxygens (including phenoxy) is 1. The molecular formula is C11H15N3O5. The molecule has 1 aliphatic heterocycles. The van der Waals surface area contributed by atoms with Crippen molar-refractivity contribution < 1.29 is 23.9 Å². The third kappa shape index (κ3) is 2.43. The van der Waals surface area contributed by atoms with Gasteiger partial charge >= 0.3 is 6.03 Å². The van der Waals surface area contributed by atoms with Crippen molar-refractivity contribution in [3.63, 3.8) is 0 Å². The second kappa shape index (κ2) is 4.96. The lowest BCUT2D eigenvalue weighted by atomic mass is 10.0. The Labute approximate surface area is 109 Å². The number of rotatable bonds is 5. The number of amides is 5. The number of carbonyl (C=O) groups is 4. The number of nitrogens with one attached hydrogen (secondary N) is 2. The van der Waals surface area contributed by atoms with Gasteiger partial charge in [0, 0.05) is 13.7 Å². The number of urea groups is 1. The molecule has 0 radical (unpaired) electrons. The van der Waals surface area contributed by atoms with Crippen LogP contribution in [0, 0.1) is 5.41 Å². The average molecular weight is 269 g/mol. The lowest BCUT2D eigenvalue weighted by molar-refractivity contribution is -0.146. The lowest BCUT2D eigenvalue weighted by Crippen LogP contribution is -2.60. The van der Waals surface area contributed by atoms with E-state index in [2.05, 4.69) is 10.6 Å². The highest BCUT2D eigenvalue weighted by atomic mass is 16.5. The molecule has 1 saturated heterocycles. The van der Waals surface area contributed by atoms with E-state index in [1.54, 1.807) is 0 Å². The van der Waals surface area contributed by atoms with Gasteiger partial charge in [-0.05, 0) is 12.8 Å². The first-order valence-corrected chi connectivity index (χ1v) is 5.94. The summed E-state index contributed by atoms with van der Waals surface area (Å²) in [4.78, 5) is 47.5. The number of hydrogen-bond donors (Lipinski definition) is 2. The Morgan fingerprint density at radius 2 is 2.11 bits per heavy atom. The predicted octanol–water partition coefficient (Wildman–Crippen LogP) is -1.39. The van der Waals surface area contributed by atoms with E-state index in [9.17, 15) is 19.2 Å². The molecule has 0 aromatic carbocycles. The maximum Gasteiger partial charge on any atom is 0.331 e. The molecule has 0 unspecified atom stereocenters. The maximum atomic E-state index is 12.0. The summed E-state index contributed by atoms with van der Waals surface area (Å²) in [5.41, 5.74) is -1.11. The third-order valence-corrected chi connectivity index (χ3v) is 3.23. The van der Waals surface area contributed by atoms with Crippen molar-refractivity contribution >= 4 is 23.8 Å². The van der Waals surface area contributed by atoms with Crippen LogP contribution in [0.5, 0.6) is 0 Å². The van der Waals surface area contributed by atoms with Crippen LogP contribution >= 0.6 is 0 Å². The predicted molar refractivity (Wildman–Crippen MR) is 61.8 cm³/mol. The summed E-state index contributed by atoms with van der Waals surface area (Å²) < 4.78 is 4.76. The van der Waals surface area contributed by atoms with Gasteiger partial charge in [-0.3, -0.25) is 24.6 Å². The number of nitrogens with zero attached hydrogens (tertiary/aromatic N) is 1. The van der Waals surface area contributed by atoms with Crippen LogP contribution in [0.25, 0.3) is 0 Å². The first-order valence-electron chi connectivity index (χ1n) is 5.94. The van der Waals surface area contributed by atoms with Crippen molar-refractivity contribution in [2.24, 2.45) is 5.41 Å². The summed E-state index contributed by atoms with van der Waals surface area (Å²) in [7, 11) is 1.50. The van der Waals surface area contributed by atoms with Crippen molar-refractivity contribution in [1.82, 2.24) is 15.5 Å². The van der Waals surface area contributed by atoms with Crippen LogP contribution in [0.4, 0.5) is 4.79 Å². The van der Waals surface area contributed by atoms with Crippen molar-refractivity contribution in [2.45, 2.75) is 12.8 Å². The van der Waals surface area contributed by atoms with Gasteiger partial charge in [-0.15, -0.1) is 0 Å². The van der Waals surface area contributed by atoms with E-state index < -0.39 is 29.2 Å². The normalized spacial score (nSPS) is 20.5. The van der Waals surface area contributed by atoms with Gasteiger partial charge in [-0.25, -0.2) is 4.79 Å². The number of barbiturate groups is 1. The van der Waals surface area contributed by atoms with Gasteiger partial charge in [0.05, 0.1) is 6.61 Å². The van der Waals surface area contributed by atoms with E-state index >= 15 is 0 Å². The highest BCUT2D eigenvalue weighted by Gasteiger charge is 2.62. The van der Waals surface area contributed by atoms with E-state index in [1.165, 1.54) is 7.11 Å². The van der Waals surface area contributed by atoms with Crippen molar-refractivity contribution in [1.29, 1.82) is 0 Å². The zero-order valence-corrected chi connectivity index (χ0v) is 10.5. The molecule has 0 aromatic rings. The van der Waals surface area contributed by atoms with E-state index in [0.717, 1.165) is 4.90 Å². The number of hydrogen-bond acceptors (Lipinski definition) is 5. The smallest absolute Gasteiger partial charge is 0.331 e. The van der Waals surface area contributed by atoms with Crippen LogP contribution in [-0.2, 0) is 19.1 Å². The molecule has 104 valence electrons. The first-order chi connectivity index (χ1) is 9.01. The third-order valence-electron chi connectivity index (χ3n) is 3.23. The minimum absolute atomic E-state index is 0.295. The zero-order valence-electron chi connectivity index (χ0n) is 10.5. The molecule has 5 amide bonds. The summed E-state index contributed by atoms with van der Waals surface area (Å²) >= 11 is 0. The largest absolute Gasteiger partial charge is 0.383 e. The van der Waals surface area contributed by atoms with E-state index in [4.69, 9.17) is 4.74 Å². The quantitative estimate of drug-likeness (QED) is 0.472. The molecule has 1 spiro atoms. The maximum absolute atomic E-state index is 12.0. The van der Waals surface area contributed by atoms with Gasteiger partial charge in [-0.1, -0.05) is 0 Å². The minimum Gasteiger partial charge on any atom is -0.383 e. The number of carbonyl (C=O) groups excluding carboxylic acids is 4. The summed E-state index contributed by atoms with van der Waals surface area (Å²) in [6, 6.07) is -0.839. The number of imide groups is 2. The van der Waals surface area contributed by atoms with Crippen LogP contribution in [-0.4, -0.2) is 55.5 Å². The van der Waals surface area contributed by atoms with Gasteiger partial charge < -0.3 is 10.1 Å². The van der Waals surface area contributed by atoms with Gasteiger partial charge in [-0.2, -0.15) is 0 Å². The Morgan fingerprint density at radius 1 is 1.42 bits per heavy atom. The van der Waals surface area contributed by atoms with Gasteiger partial charge in [0.2, 0.25) is 17.7 Å². The Kier molecular flexibility index (Phi) is 3.52. The summed E-state index contributed by atoms with van der Waals surface area (Å²) in [6.07, 6.45) is 0.847. The second-order valence-corrected chi connectivity index (χ2v) is 4.58. The molecule has 8 heteroatoms. The molecule has 2 rings (SSSR count). The summed E-state index contributed by atoms with van der Waals surface area (Å²) in [5.74, 6) is -1.60. The summed E-state index contributed by atoms with van der Waals surface area (Å²) in [6.45, 7) is 0.251. The van der Waals surface area contributed by atoms with Gasteiger partial charge in [0.25, 0.3) is 0 Å². The molecule has 0 atom stereocenters. The molecule has 1 aliphatic carbocycles. The second-order valence-electron chi connectivity index (χ2n) is 4.58. The molecule has 2 aliphatic rings. The van der Waals surface area contributed by atoms with Crippen molar-refractivity contribution in [3.8, 4) is 0 Å². The Bertz CT molecular complexity index is 444. The fraction of sp³-hybridized carbons (Fsp3) is 0.636. The van der Waals surface area contributed by atoms with Crippen LogP contribution in [0.15, 0.2) is 0 Å². The standard InChI is InChI=1S/C11H15N3O5/c1-19-5-4-12-7(15)6-14-9(17)11(2-3-11)8(16)13-10(14)18/h2-6H2,1H3,(H,12,15)(H,13,16,18). The molecule has 1 heterocycles. The fourth-order valence-corrected chi connectivity index (χ4v) is 1.93. The first kappa shape index (κ1) is 13.5. The van der Waals surface area contributed by atoms with Crippen LogP contribution in [0.3, 0.4) is 0 Å². The van der Waals surface area contributed by atoms with Crippen LogP contribution in [0.2, 0.25) is 0 Å². The van der Waals surface area contributed by atoms with Crippen LogP contribution in [0.1, 0.15) is 12.8 Å². The lowest BCUT2D eigenvalue weighted by Gasteiger charge is -2.29. The van der Waals surface area contributed by atoms with E-state index in [1.807, 2.05) is 0 Å². The zero-order chi connectivity index (χ0) is 14.0. The molecular weight excluding hydrogens is 254 g/mol. The van der Waals surface area contributed by atoms with E-state index in [0.29, 0.717) is 26.0 Å². The molecule has 19 heavy (non-hydrogen) atoms. The van der Waals surface area contributed by atoms with E-state index in [-0.39, 0.29) is 6.54 Å². The topological polar surface area (TPSA) is 105 Å². The van der Waals surface area contributed by atoms with Crippen LogP contribution < -0.4 is 10.6 Å². The monoisotopic (exact) mass is 269 g/mol. The molecule has 8 nitrogen and oxygen atoms in total. The molecule has 2 fully saturated rings. The molecule has 0 aromatic heterocycles. The highest BCUT2D eigenvalue weighted by Crippen LogP contribution is 2.48. The number of methoxy groups -OCH3 is 1. The van der Waals surface area contributed by atoms with Crippen molar-refractivity contribution in [3.05, 3.63) is 0 Å². The molecule has 0 bridgehead atoms. The summed E-state index contributed by atoms with van der Waals surface area (Å²) in [5, 5.41) is 4.62. The van der Waals surface area contributed by atoms with Crippen molar-refractivity contribution in [2.75, 3.05) is 26.8 Å². The Morgan fingerprint density at radius 3 is 2.68 bits per heavy atom. The highest BCUT2D eigenvalue weighted by molar-refractivity contribution is 6.21. The van der Waals surface area contributed by atoms with Gasteiger partial charge in [0.1, 0.15) is 12.0 Å². The minimum atomic E-state index is -1.11. The Balaban J connectivity index is 1.95. The fourth-order valence-electron chi connectivity index (χ4n) is 1.93. The molecule has 2 N–H and O–H groups in total. The Hall–Kier alpha value is -1.96. The SMILES string of the molecule is COCCNC(=O)CN1C(=O)NC(=O)C2(CC2)C1=O.